The summed E-state index contributed by atoms with van der Waals surface area (Å²) in [6.45, 7) is 2.47. The Labute approximate surface area is 256 Å². The van der Waals surface area contributed by atoms with Crippen molar-refractivity contribution in [3.8, 4) is 17.6 Å². The van der Waals surface area contributed by atoms with E-state index in [1.165, 1.54) is 23.1 Å². The van der Waals surface area contributed by atoms with Crippen LogP contribution in [-0.2, 0) is 16.0 Å². The lowest BCUT2D eigenvalue weighted by Gasteiger charge is -2.37. The lowest BCUT2D eigenvalue weighted by molar-refractivity contribution is -0.118. The number of methoxy groups -OCH3 is 2. The maximum Gasteiger partial charge on any atom is 0.230 e. The van der Waals surface area contributed by atoms with Crippen LogP contribution in [-0.4, -0.2) is 48.4 Å². The Kier molecular flexibility index (Phi) is 9.15. The topological polar surface area (TPSA) is 143 Å². The molecule has 1 aliphatic carbocycles. The van der Waals surface area contributed by atoms with E-state index in [4.69, 9.17) is 15.2 Å². The number of aryl methyl sites for hydroxylation is 1. The summed E-state index contributed by atoms with van der Waals surface area (Å²) >= 11 is 4.12. The van der Waals surface area contributed by atoms with Crippen LogP contribution in [0.25, 0.3) is 0 Å². The molecule has 42 heavy (non-hydrogen) atoms. The van der Waals surface area contributed by atoms with Crippen LogP contribution < -0.4 is 25.4 Å². The minimum absolute atomic E-state index is 0.0291. The molecule has 0 fully saturated rings. The summed E-state index contributed by atoms with van der Waals surface area (Å²) in [7, 11) is 3.18. The number of Topliss-reactive ketones (excluding diaryl/α,β-unsaturated/α-hetero) is 1. The third-order valence-corrected chi connectivity index (χ3v) is 10.2. The summed E-state index contributed by atoms with van der Waals surface area (Å²) in [5.41, 5.74) is 9.37. The minimum atomic E-state index is -0.475. The number of hydrogen-bond donors (Lipinski definition) is 2. The van der Waals surface area contributed by atoms with Crippen LogP contribution in [0, 0.1) is 18.3 Å². The van der Waals surface area contributed by atoms with Crippen LogP contribution in [0.2, 0.25) is 0 Å². The molecule has 1 aliphatic heterocycles. The van der Waals surface area contributed by atoms with Crippen molar-refractivity contribution in [1.29, 1.82) is 5.26 Å². The van der Waals surface area contributed by atoms with Gasteiger partial charge >= 0.3 is 0 Å². The average molecular weight is 623 g/mol. The number of nitrogens with zero attached hydrogens (tertiary/aromatic N) is 4. The van der Waals surface area contributed by atoms with E-state index in [1.807, 2.05) is 37.3 Å². The van der Waals surface area contributed by atoms with E-state index in [9.17, 15) is 14.9 Å². The number of thioether (sulfide) groups is 1. The number of aromatic nitrogens is 2. The number of anilines is 1. The minimum Gasteiger partial charge on any atom is -0.493 e. The lowest BCUT2D eigenvalue weighted by Crippen LogP contribution is -2.38. The zero-order valence-corrected chi connectivity index (χ0v) is 25.9. The first-order valence-corrected chi connectivity index (χ1v) is 15.9. The highest BCUT2D eigenvalue weighted by atomic mass is 32.2. The highest BCUT2D eigenvalue weighted by Gasteiger charge is 2.41. The van der Waals surface area contributed by atoms with E-state index >= 15 is 0 Å². The Morgan fingerprint density at radius 3 is 2.71 bits per heavy atom. The largest absolute Gasteiger partial charge is 0.493 e. The number of nitrogens with one attached hydrogen (secondary N) is 1. The SMILES string of the molecule is COc1ccc(CCNC(=O)CSc2nnc(N3C(N)=C(C#N)C(c4ccc(C)s4)C4=C3CCCC4=O)s2)cc1OC. The van der Waals surface area contributed by atoms with Crippen LogP contribution in [0.5, 0.6) is 11.5 Å². The second kappa shape index (κ2) is 13.0. The number of benzene rings is 1. The monoisotopic (exact) mass is 622 g/mol. The van der Waals surface area contributed by atoms with Gasteiger partial charge < -0.3 is 20.5 Å². The number of amides is 1. The lowest BCUT2D eigenvalue weighted by atomic mass is 9.78. The highest BCUT2D eigenvalue weighted by Crippen LogP contribution is 2.48. The van der Waals surface area contributed by atoms with Crippen molar-refractivity contribution in [1.82, 2.24) is 15.5 Å². The number of nitrogens with two attached hydrogens (primary N) is 1. The maximum absolute atomic E-state index is 13.2. The van der Waals surface area contributed by atoms with Crippen molar-refractivity contribution in [2.24, 2.45) is 5.73 Å². The van der Waals surface area contributed by atoms with Gasteiger partial charge in [0.05, 0.1) is 37.5 Å². The van der Waals surface area contributed by atoms with Crippen molar-refractivity contribution in [2.75, 3.05) is 31.4 Å². The molecule has 3 heterocycles. The van der Waals surface area contributed by atoms with Gasteiger partial charge in [-0.2, -0.15) is 5.26 Å². The number of thiophene rings is 1. The number of carbonyl (C=O) groups excluding carboxylic acids is 2. The second-order valence-electron chi connectivity index (χ2n) is 9.69. The van der Waals surface area contributed by atoms with Gasteiger partial charge in [-0.3, -0.25) is 14.5 Å². The van der Waals surface area contributed by atoms with Gasteiger partial charge in [0.25, 0.3) is 0 Å². The molecule has 1 amide bonds. The Morgan fingerprint density at radius 1 is 1.19 bits per heavy atom. The summed E-state index contributed by atoms with van der Waals surface area (Å²) in [6, 6.07) is 11.9. The van der Waals surface area contributed by atoms with Gasteiger partial charge in [-0.1, -0.05) is 29.2 Å². The predicted molar refractivity (Wildman–Crippen MR) is 164 cm³/mol. The first kappa shape index (κ1) is 29.6. The first-order valence-electron chi connectivity index (χ1n) is 13.3. The number of rotatable bonds is 10. The fourth-order valence-corrected chi connectivity index (χ4v) is 7.82. The quantitative estimate of drug-likeness (QED) is 0.306. The molecule has 3 aromatic rings. The Hall–Kier alpha value is -3.86. The smallest absolute Gasteiger partial charge is 0.230 e. The normalized spacial score (nSPS) is 16.8. The number of carbonyl (C=O) groups is 2. The summed E-state index contributed by atoms with van der Waals surface area (Å²) in [4.78, 5) is 29.5. The maximum atomic E-state index is 13.2. The van der Waals surface area contributed by atoms with E-state index in [0.717, 1.165) is 21.0 Å². The predicted octanol–water partition coefficient (Wildman–Crippen LogP) is 4.68. The third kappa shape index (κ3) is 6.01. The second-order valence-corrected chi connectivity index (χ2v) is 13.2. The molecule has 0 saturated carbocycles. The molecule has 0 radical (unpaired) electrons. The molecule has 3 N–H and O–H groups in total. The molecule has 218 valence electrons. The summed E-state index contributed by atoms with van der Waals surface area (Å²) in [5.74, 6) is 1.16. The fraction of sp³-hybridized carbons (Fsp3) is 0.345. The highest BCUT2D eigenvalue weighted by molar-refractivity contribution is 8.01. The van der Waals surface area contributed by atoms with Crippen LogP contribution in [0.15, 0.2) is 57.3 Å². The molecule has 0 spiro atoms. The van der Waals surface area contributed by atoms with Gasteiger partial charge in [-0.25, -0.2) is 0 Å². The van der Waals surface area contributed by atoms with Crippen molar-refractivity contribution >= 4 is 51.3 Å². The number of hydrogen-bond acceptors (Lipinski definition) is 12. The van der Waals surface area contributed by atoms with Crippen LogP contribution in [0.1, 0.15) is 40.5 Å². The number of nitriles is 1. The standard InChI is InChI=1S/C29H30N6O4S3/c1-16-7-10-23(41-16)25-18(14-30)27(31)35(19-5-4-6-20(36)26(19)25)28-33-34-29(42-28)40-15-24(37)32-12-11-17-8-9-21(38-2)22(13-17)39-3/h7-10,13,25H,4-6,11-12,15,31H2,1-3H3,(H,32,37). The van der Waals surface area contributed by atoms with Gasteiger partial charge in [0, 0.05) is 34.0 Å². The number of ketones is 1. The Bertz CT molecular complexity index is 1620. The molecule has 2 aliphatic rings. The van der Waals surface area contributed by atoms with Crippen LogP contribution >= 0.6 is 34.4 Å². The van der Waals surface area contributed by atoms with E-state index < -0.39 is 5.92 Å². The molecular weight excluding hydrogens is 593 g/mol. The molecular formula is C29H30N6O4S3. The number of allylic oxidation sites excluding steroid dienone is 3. The average Bonchev–Trinajstić information content (AvgIpc) is 3.64. The van der Waals surface area contributed by atoms with E-state index in [2.05, 4.69) is 21.6 Å². The summed E-state index contributed by atoms with van der Waals surface area (Å²) < 4.78 is 11.2. The van der Waals surface area contributed by atoms with Crippen molar-refractivity contribution in [3.05, 3.63) is 68.3 Å². The number of ether oxygens (including phenoxy) is 2. The molecule has 5 rings (SSSR count). The van der Waals surface area contributed by atoms with Crippen LogP contribution in [0.4, 0.5) is 5.13 Å². The molecule has 1 unspecified atom stereocenters. The van der Waals surface area contributed by atoms with E-state index in [-0.39, 0.29) is 23.3 Å². The van der Waals surface area contributed by atoms with Crippen molar-refractivity contribution < 1.29 is 19.1 Å². The third-order valence-electron chi connectivity index (χ3n) is 7.06. The van der Waals surface area contributed by atoms with Crippen molar-refractivity contribution in [2.45, 2.75) is 42.9 Å². The van der Waals surface area contributed by atoms with Crippen molar-refractivity contribution in [3.63, 3.8) is 0 Å². The van der Waals surface area contributed by atoms with Gasteiger partial charge in [-0.05, 0) is 56.0 Å². The van der Waals surface area contributed by atoms with Crippen LogP contribution in [0.3, 0.4) is 0 Å². The zero-order valence-electron chi connectivity index (χ0n) is 23.4. The summed E-state index contributed by atoms with van der Waals surface area (Å²) in [6.07, 6.45) is 2.42. The zero-order chi connectivity index (χ0) is 29.8. The molecule has 13 heteroatoms. The van der Waals surface area contributed by atoms with Gasteiger partial charge in [0.2, 0.25) is 11.0 Å². The Balaban J connectivity index is 1.27. The van der Waals surface area contributed by atoms with Gasteiger partial charge in [0.1, 0.15) is 5.82 Å². The molecule has 0 saturated heterocycles. The molecule has 1 atom stereocenters. The molecule has 1 aromatic carbocycles. The van der Waals surface area contributed by atoms with E-state index in [0.29, 0.717) is 64.3 Å². The van der Waals surface area contributed by atoms with Gasteiger partial charge in [-0.15, -0.1) is 21.5 Å². The molecule has 2 aromatic heterocycles. The van der Waals surface area contributed by atoms with E-state index in [1.54, 1.807) is 30.5 Å². The Morgan fingerprint density at radius 2 is 2.00 bits per heavy atom. The molecule has 10 nitrogen and oxygen atoms in total. The molecule has 0 bridgehead atoms. The fourth-order valence-electron chi connectivity index (χ4n) is 5.11. The summed E-state index contributed by atoms with van der Waals surface area (Å²) in [5, 5.41) is 22.2. The first-order chi connectivity index (χ1) is 20.3. The van der Waals surface area contributed by atoms with Gasteiger partial charge in [0.15, 0.2) is 21.6 Å².